The van der Waals surface area contributed by atoms with E-state index in [4.69, 9.17) is 39.2 Å². The largest absolute Gasteiger partial charge is 0.494 e. The van der Waals surface area contributed by atoms with Crippen LogP contribution in [-0.4, -0.2) is 180 Å². The van der Waals surface area contributed by atoms with E-state index in [-0.39, 0.29) is 37.9 Å². The zero-order valence-electron chi connectivity index (χ0n) is 46.0. The van der Waals surface area contributed by atoms with Gasteiger partial charge in [0.15, 0.2) is 0 Å². The smallest absolute Gasteiger partial charge is 0.473 e. The number of carbonyl (C=O) groups excluding carboxylic acids is 5. The third kappa shape index (κ3) is 25.1. The van der Waals surface area contributed by atoms with Gasteiger partial charge in [0.1, 0.15) is 45.6 Å². The number of nitrogens with one attached hydrogen (secondary N) is 2. The highest BCUT2D eigenvalue weighted by molar-refractivity contribution is 6.05. The molecular weight excluding hydrogens is 984 g/mol. The molecule has 23 heteroatoms. The van der Waals surface area contributed by atoms with Crippen LogP contribution in [0.5, 0.6) is 11.5 Å². The Labute approximate surface area is 439 Å². The zero-order valence-corrected chi connectivity index (χ0v) is 46.0. The van der Waals surface area contributed by atoms with E-state index < -0.39 is 58.9 Å². The first-order valence-corrected chi connectivity index (χ1v) is 24.3. The van der Waals surface area contributed by atoms with Crippen LogP contribution in [0, 0.1) is 10.8 Å². The first-order chi connectivity index (χ1) is 34.5. The Bertz CT molecular complexity index is 2130. The van der Waals surface area contributed by atoms with Gasteiger partial charge >= 0.3 is 36.5 Å². The Balaban J connectivity index is 0.00000221. The summed E-state index contributed by atoms with van der Waals surface area (Å²) in [5, 5.41) is 17.7. The number of benzene rings is 2. The monoisotopic (exact) mass is 1060 g/mol. The third-order valence-electron chi connectivity index (χ3n) is 9.71. The predicted octanol–water partition coefficient (Wildman–Crippen LogP) is 9.61. The molecule has 1 aliphatic heterocycles. The highest BCUT2D eigenvalue weighted by Gasteiger charge is 2.37. The van der Waals surface area contributed by atoms with Crippen LogP contribution in [0.3, 0.4) is 0 Å². The number of aliphatic imine (C=N–C) groups is 1. The summed E-state index contributed by atoms with van der Waals surface area (Å²) in [7, 11) is 3.16. The maximum absolute atomic E-state index is 13.2. The normalized spacial score (nSPS) is 12.6. The highest BCUT2D eigenvalue weighted by Crippen LogP contribution is 2.21. The van der Waals surface area contributed by atoms with Gasteiger partial charge in [-0.2, -0.15) is 13.2 Å². The Morgan fingerprint density at radius 3 is 1.12 bits per heavy atom. The van der Waals surface area contributed by atoms with Gasteiger partial charge in [-0.1, -0.05) is 0 Å². The van der Waals surface area contributed by atoms with Crippen molar-refractivity contribution in [3.63, 3.8) is 0 Å². The topological polar surface area (TPSA) is 220 Å². The van der Waals surface area contributed by atoms with Crippen LogP contribution in [0.15, 0.2) is 65.9 Å². The number of likely N-dealkylation sites (N-methyl/N-ethyl adjacent to an activating group) is 2. The second-order valence-electron chi connectivity index (χ2n) is 21.2. The predicted molar refractivity (Wildman–Crippen MR) is 278 cm³/mol. The van der Waals surface area contributed by atoms with Crippen LogP contribution in [0.1, 0.15) is 107 Å². The lowest BCUT2D eigenvalue weighted by atomic mass is 10.1. The summed E-state index contributed by atoms with van der Waals surface area (Å²) in [6, 6.07) is 13.9. The van der Waals surface area contributed by atoms with Gasteiger partial charge in [0, 0.05) is 76.9 Å². The molecule has 0 aliphatic carbocycles. The molecule has 2 aromatic rings. The maximum Gasteiger partial charge on any atom is 0.473 e. The van der Waals surface area contributed by atoms with E-state index in [1.807, 2.05) is 0 Å². The molecule has 418 valence electrons. The van der Waals surface area contributed by atoms with Crippen LogP contribution in [0.4, 0.5) is 32.3 Å². The van der Waals surface area contributed by atoms with Gasteiger partial charge < -0.3 is 48.0 Å². The molecule has 0 saturated heterocycles. The van der Waals surface area contributed by atoms with Crippen molar-refractivity contribution in [1.29, 1.82) is 10.8 Å². The number of carbonyl (C=O) groups is 5. The fourth-order valence-electron chi connectivity index (χ4n) is 6.13. The van der Waals surface area contributed by atoms with Gasteiger partial charge in [0.25, 0.3) is 0 Å². The summed E-state index contributed by atoms with van der Waals surface area (Å²) in [6.45, 7) is 27.2. The number of nitrogens with zero attached hydrogens (tertiary/aromatic N) is 7. The summed E-state index contributed by atoms with van der Waals surface area (Å²) >= 11 is 0. The standard InChI is InChI=1S/C49H76N8O10.C3H2F3NO/c1-46(2,3)64-42(58)52(13)27-31-56(44(60)66-48(7,8)9)40(50)36-17-21-38(22-18-36)62-33-15-25-54-29-30-55(35-54)26-16-34-63-39-23-19-37(20-24-39)41(51)57(45(61)67-49(10,11)12)32-28-53(14)43(59)65-47(4,5)6;1-7-2(8)3(4,5)6/h17-24,29-30,50-51H,15-16,25-28,31-35H2,1-14H3;1H2. The van der Waals surface area contributed by atoms with Crippen LogP contribution in [-0.2, 0) is 23.7 Å². The average molecular weight is 1060 g/mol. The van der Waals surface area contributed by atoms with E-state index in [9.17, 15) is 37.1 Å². The molecule has 0 radical (unpaired) electrons. The zero-order chi connectivity index (χ0) is 57.1. The van der Waals surface area contributed by atoms with Crippen molar-refractivity contribution in [2.75, 3.05) is 73.2 Å². The van der Waals surface area contributed by atoms with E-state index in [2.05, 4.69) is 33.9 Å². The quantitative estimate of drug-likeness (QED) is 0.0615. The van der Waals surface area contributed by atoms with Gasteiger partial charge in [0.2, 0.25) is 0 Å². The van der Waals surface area contributed by atoms with Crippen molar-refractivity contribution >= 4 is 48.7 Å². The van der Waals surface area contributed by atoms with Crippen molar-refractivity contribution in [3.8, 4) is 11.5 Å². The van der Waals surface area contributed by atoms with Gasteiger partial charge in [0.05, 0.1) is 19.9 Å². The molecule has 0 aromatic heterocycles. The molecule has 0 unspecified atom stereocenters. The van der Waals surface area contributed by atoms with Gasteiger partial charge in [-0.25, -0.2) is 24.2 Å². The number of halogens is 3. The lowest BCUT2D eigenvalue weighted by Gasteiger charge is -2.30. The van der Waals surface area contributed by atoms with Gasteiger partial charge in [-0.15, -0.1) is 0 Å². The molecular formula is C52H78F3N9O11. The summed E-state index contributed by atoms with van der Waals surface area (Å²) in [5.74, 6) is -1.00. The molecule has 3 rings (SSSR count). The van der Waals surface area contributed by atoms with Crippen molar-refractivity contribution in [2.45, 2.75) is 125 Å². The third-order valence-corrected chi connectivity index (χ3v) is 9.71. The fourth-order valence-corrected chi connectivity index (χ4v) is 6.13. The van der Waals surface area contributed by atoms with E-state index in [1.165, 1.54) is 19.6 Å². The number of rotatable bonds is 18. The first kappa shape index (κ1) is 64.0. The minimum atomic E-state index is -4.86. The molecule has 5 amide bonds. The minimum absolute atomic E-state index is 0.0299. The first-order valence-electron chi connectivity index (χ1n) is 24.3. The average Bonchev–Trinajstić information content (AvgIpc) is 3.74. The van der Waals surface area contributed by atoms with Crippen LogP contribution in [0.25, 0.3) is 0 Å². The van der Waals surface area contributed by atoms with Crippen molar-refractivity contribution in [1.82, 2.24) is 29.4 Å². The van der Waals surface area contributed by atoms with Crippen LogP contribution >= 0.6 is 0 Å². The molecule has 20 nitrogen and oxygen atoms in total. The number of hydrogen-bond donors (Lipinski definition) is 2. The molecule has 2 aromatic carbocycles. The number of amides is 5. The molecule has 2 N–H and O–H groups in total. The van der Waals surface area contributed by atoms with Crippen LogP contribution in [0.2, 0.25) is 0 Å². The number of amidine groups is 2. The lowest BCUT2D eigenvalue weighted by Crippen LogP contribution is -2.45. The van der Waals surface area contributed by atoms with Crippen molar-refractivity contribution in [3.05, 3.63) is 72.1 Å². The van der Waals surface area contributed by atoms with Crippen molar-refractivity contribution in [2.24, 2.45) is 4.99 Å². The summed E-state index contributed by atoms with van der Waals surface area (Å²) in [5.41, 5.74) is -1.91. The molecule has 1 heterocycles. The Hall–Kier alpha value is -7.07. The van der Waals surface area contributed by atoms with Gasteiger partial charge in [-0.3, -0.25) is 25.4 Å². The van der Waals surface area contributed by atoms with Crippen LogP contribution < -0.4 is 9.47 Å². The highest BCUT2D eigenvalue weighted by atomic mass is 19.4. The van der Waals surface area contributed by atoms with E-state index in [1.54, 1.807) is 146 Å². The molecule has 1 aliphatic rings. The number of ether oxygens (including phenoxy) is 6. The minimum Gasteiger partial charge on any atom is -0.494 e. The van der Waals surface area contributed by atoms with Gasteiger partial charge in [-0.05, 0) is 151 Å². The molecule has 0 fully saturated rings. The summed E-state index contributed by atoms with van der Waals surface area (Å²) in [4.78, 5) is 72.6. The molecule has 75 heavy (non-hydrogen) atoms. The maximum atomic E-state index is 13.2. The SMILES string of the molecule is C=NC(=O)C(F)(F)F.CN(CCN(C(=N)c1ccc(OCCCN2C=CN(CCCOc3ccc(C(=N)N(CCN(C)C(=O)OC(C)(C)C)C(=O)OC(C)(C)C)cc3)C2)cc1)C(=O)OC(C)(C)C)C(=O)OC(C)(C)C. The lowest BCUT2D eigenvalue weighted by molar-refractivity contribution is -0.169. The van der Waals surface area contributed by atoms with E-state index >= 15 is 0 Å². The summed E-state index contributed by atoms with van der Waals surface area (Å²) < 4.78 is 66.9. The summed E-state index contributed by atoms with van der Waals surface area (Å²) in [6.07, 6.45) is -1.61. The second kappa shape index (κ2) is 28.0. The Morgan fingerprint density at radius 2 is 0.853 bits per heavy atom. The number of alkyl halides is 3. The van der Waals surface area contributed by atoms with E-state index in [0.717, 1.165) is 32.6 Å². The fraction of sp³-hybridized carbons (Fsp3) is 0.577. The molecule has 0 bridgehead atoms. The molecule has 0 saturated carbocycles. The van der Waals surface area contributed by atoms with E-state index in [0.29, 0.717) is 35.8 Å². The van der Waals surface area contributed by atoms with Crippen molar-refractivity contribution < 1.29 is 65.6 Å². The second-order valence-corrected chi connectivity index (χ2v) is 21.2. The Kier molecular flexibility index (Phi) is 23.9. The number of hydrogen-bond acceptors (Lipinski definition) is 15. The molecule has 0 atom stereocenters. The Morgan fingerprint density at radius 1 is 0.547 bits per heavy atom. The molecule has 0 spiro atoms.